The van der Waals surface area contributed by atoms with E-state index in [1.807, 2.05) is 12.1 Å². The molecular weight excluding hydrogens is 300 g/mol. The standard InChI is InChI=1S/C16H24N2O3S/c1-11-7-5-6-8-18(11)16(22)17-12-9-13(19-2)15(21-4)14(10-12)20-3/h9-11H,5-8H2,1-4H3,(H,17,22)/t11-/m0/s1. The molecule has 1 saturated heterocycles. The van der Waals surface area contributed by atoms with Gasteiger partial charge in [-0.1, -0.05) is 0 Å². The third-order valence-electron chi connectivity index (χ3n) is 3.98. The predicted octanol–water partition coefficient (Wildman–Crippen LogP) is 3.28. The Balaban J connectivity index is 2.20. The molecule has 0 amide bonds. The zero-order valence-corrected chi connectivity index (χ0v) is 14.5. The average molecular weight is 324 g/mol. The van der Waals surface area contributed by atoms with Crippen molar-refractivity contribution < 1.29 is 14.2 Å². The van der Waals surface area contributed by atoms with Crippen LogP contribution in [0.5, 0.6) is 17.2 Å². The zero-order valence-electron chi connectivity index (χ0n) is 13.6. The molecule has 0 radical (unpaired) electrons. The maximum absolute atomic E-state index is 5.56. The summed E-state index contributed by atoms with van der Waals surface area (Å²) >= 11 is 5.56. The molecule has 0 bridgehead atoms. The molecule has 1 N–H and O–H groups in total. The number of likely N-dealkylation sites (tertiary alicyclic amines) is 1. The molecule has 22 heavy (non-hydrogen) atoms. The van der Waals surface area contributed by atoms with Crippen molar-refractivity contribution in [2.75, 3.05) is 33.2 Å². The second kappa shape index (κ2) is 7.54. The van der Waals surface area contributed by atoms with Crippen molar-refractivity contribution >= 4 is 23.0 Å². The van der Waals surface area contributed by atoms with Gasteiger partial charge in [-0.05, 0) is 38.4 Å². The van der Waals surface area contributed by atoms with E-state index < -0.39 is 0 Å². The predicted molar refractivity (Wildman–Crippen MR) is 92.3 cm³/mol. The maximum Gasteiger partial charge on any atom is 0.203 e. The highest BCUT2D eigenvalue weighted by Crippen LogP contribution is 2.40. The highest BCUT2D eigenvalue weighted by Gasteiger charge is 2.21. The molecule has 1 aliphatic rings. The van der Waals surface area contributed by atoms with Crippen molar-refractivity contribution in [3.8, 4) is 17.2 Å². The molecule has 1 atom stereocenters. The highest BCUT2D eigenvalue weighted by atomic mass is 32.1. The monoisotopic (exact) mass is 324 g/mol. The minimum absolute atomic E-state index is 0.468. The zero-order chi connectivity index (χ0) is 16.1. The van der Waals surface area contributed by atoms with Crippen LogP contribution in [0.1, 0.15) is 26.2 Å². The molecule has 5 nitrogen and oxygen atoms in total. The summed E-state index contributed by atoms with van der Waals surface area (Å²) in [4.78, 5) is 2.24. The second-order valence-electron chi connectivity index (χ2n) is 5.38. The van der Waals surface area contributed by atoms with Gasteiger partial charge < -0.3 is 24.4 Å². The fourth-order valence-electron chi connectivity index (χ4n) is 2.75. The number of ether oxygens (including phenoxy) is 3. The van der Waals surface area contributed by atoms with Crippen molar-refractivity contribution in [3.63, 3.8) is 0 Å². The Kier molecular flexibility index (Phi) is 5.71. The first-order valence-corrected chi connectivity index (χ1v) is 7.89. The van der Waals surface area contributed by atoms with Crippen molar-refractivity contribution in [2.24, 2.45) is 0 Å². The first-order valence-electron chi connectivity index (χ1n) is 7.48. The van der Waals surface area contributed by atoms with Crippen LogP contribution >= 0.6 is 12.2 Å². The Morgan fingerprint density at radius 1 is 1.14 bits per heavy atom. The van der Waals surface area contributed by atoms with E-state index in [1.165, 1.54) is 19.3 Å². The summed E-state index contributed by atoms with van der Waals surface area (Å²) in [5, 5.41) is 4.02. The molecule has 1 heterocycles. The van der Waals surface area contributed by atoms with E-state index in [1.54, 1.807) is 21.3 Å². The smallest absolute Gasteiger partial charge is 0.203 e. The maximum atomic E-state index is 5.56. The number of hydrogen-bond donors (Lipinski definition) is 1. The van der Waals surface area contributed by atoms with Gasteiger partial charge in [0.1, 0.15) is 0 Å². The lowest BCUT2D eigenvalue weighted by atomic mass is 10.0. The second-order valence-corrected chi connectivity index (χ2v) is 5.77. The Morgan fingerprint density at radius 2 is 1.77 bits per heavy atom. The van der Waals surface area contributed by atoms with Crippen LogP contribution < -0.4 is 19.5 Å². The van der Waals surface area contributed by atoms with Crippen molar-refractivity contribution in [1.82, 2.24) is 4.90 Å². The van der Waals surface area contributed by atoms with Gasteiger partial charge in [0.25, 0.3) is 0 Å². The van der Waals surface area contributed by atoms with Crippen LogP contribution in [0.25, 0.3) is 0 Å². The van der Waals surface area contributed by atoms with Crippen LogP contribution in [0.4, 0.5) is 5.69 Å². The van der Waals surface area contributed by atoms with Crippen LogP contribution in [0, 0.1) is 0 Å². The van der Waals surface area contributed by atoms with E-state index in [2.05, 4.69) is 17.1 Å². The number of benzene rings is 1. The molecule has 2 rings (SSSR count). The fourth-order valence-corrected chi connectivity index (χ4v) is 3.14. The van der Waals surface area contributed by atoms with Gasteiger partial charge in [-0.15, -0.1) is 0 Å². The van der Waals surface area contributed by atoms with Crippen LogP contribution in [0.15, 0.2) is 12.1 Å². The summed E-state index contributed by atoms with van der Waals surface area (Å²) in [5.41, 5.74) is 0.831. The van der Waals surface area contributed by atoms with Gasteiger partial charge in [0, 0.05) is 30.4 Å². The molecule has 0 spiro atoms. The van der Waals surface area contributed by atoms with Crippen LogP contribution in [0.3, 0.4) is 0 Å². The molecule has 1 aromatic rings. The van der Waals surface area contributed by atoms with Gasteiger partial charge in [-0.2, -0.15) is 0 Å². The van der Waals surface area contributed by atoms with E-state index in [-0.39, 0.29) is 0 Å². The first-order chi connectivity index (χ1) is 10.6. The number of hydrogen-bond acceptors (Lipinski definition) is 4. The Labute approximate surface area is 137 Å². The number of rotatable bonds is 4. The van der Waals surface area contributed by atoms with Crippen molar-refractivity contribution in [2.45, 2.75) is 32.2 Å². The van der Waals surface area contributed by atoms with Gasteiger partial charge in [-0.25, -0.2) is 0 Å². The third-order valence-corrected chi connectivity index (χ3v) is 4.32. The van der Waals surface area contributed by atoms with E-state index in [9.17, 15) is 0 Å². The van der Waals surface area contributed by atoms with Gasteiger partial charge in [0.15, 0.2) is 16.6 Å². The SMILES string of the molecule is COc1cc(NC(=S)N2CCCC[C@@H]2C)cc(OC)c1OC. The van der Waals surface area contributed by atoms with Crippen LogP contribution in [-0.4, -0.2) is 43.9 Å². The number of nitrogens with zero attached hydrogens (tertiary/aromatic N) is 1. The summed E-state index contributed by atoms with van der Waals surface area (Å²) in [6, 6.07) is 4.20. The average Bonchev–Trinajstić information content (AvgIpc) is 2.54. The molecule has 0 aromatic heterocycles. The third kappa shape index (κ3) is 3.55. The molecule has 1 aromatic carbocycles. The minimum atomic E-state index is 0.468. The highest BCUT2D eigenvalue weighted by molar-refractivity contribution is 7.80. The summed E-state index contributed by atoms with van der Waals surface area (Å²) in [7, 11) is 4.80. The molecule has 6 heteroatoms. The lowest BCUT2D eigenvalue weighted by Crippen LogP contribution is -2.44. The fraction of sp³-hybridized carbons (Fsp3) is 0.562. The molecule has 0 unspecified atom stereocenters. The van der Waals surface area contributed by atoms with Crippen molar-refractivity contribution in [1.29, 1.82) is 0 Å². The number of piperidine rings is 1. The lowest BCUT2D eigenvalue weighted by molar-refractivity contribution is 0.262. The Morgan fingerprint density at radius 3 is 2.27 bits per heavy atom. The lowest BCUT2D eigenvalue weighted by Gasteiger charge is -2.35. The molecule has 0 saturated carbocycles. The summed E-state index contributed by atoms with van der Waals surface area (Å²) in [6.07, 6.45) is 3.63. The van der Waals surface area contributed by atoms with Crippen LogP contribution in [-0.2, 0) is 0 Å². The number of thiocarbonyl (C=S) groups is 1. The van der Waals surface area contributed by atoms with E-state index >= 15 is 0 Å². The number of anilines is 1. The summed E-state index contributed by atoms with van der Waals surface area (Å²) in [6.45, 7) is 3.21. The Bertz CT molecular complexity index is 511. The summed E-state index contributed by atoms with van der Waals surface area (Å²) < 4.78 is 16.1. The number of methoxy groups -OCH3 is 3. The molecule has 0 aliphatic carbocycles. The van der Waals surface area contributed by atoms with Gasteiger partial charge in [0.05, 0.1) is 21.3 Å². The molecule has 122 valence electrons. The van der Waals surface area contributed by atoms with Gasteiger partial charge in [-0.3, -0.25) is 0 Å². The normalized spacial score (nSPS) is 17.8. The summed E-state index contributed by atoms with van der Waals surface area (Å²) in [5.74, 6) is 1.80. The molecule has 1 fully saturated rings. The Hall–Kier alpha value is -1.69. The largest absolute Gasteiger partial charge is 0.493 e. The van der Waals surface area contributed by atoms with Crippen molar-refractivity contribution in [3.05, 3.63) is 12.1 Å². The first kappa shape index (κ1) is 16.7. The quantitative estimate of drug-likeness (QED) is 0.858. The van der Waals surface area contributed by atoms with Crippen LogP contribution in [0.2, 0.25) is 0 Å². The topological polar surface area (TPSA) is 43.0 Å². The molecular formula is C16H24N2O3S. The van der Waals surface area contributed by atoms with E-state index in [4.69, 9.17) is 26.4 Å². The van der Waals surface area contributed by atoms with Gasteiger partial charge in [0.2, 0.25) is 5.75 Å². The van der Waals surface area contributed by atoms with E-state index in [0.717, 1.165) is 17.3 Å². The minimum Gasteiger partial charge on any atom is -0.493 e. The van der Waals surface area contributed by atoms with E-state index in [0.29, 0.717) is 23.3 Å². The molecule has 1 aliphatic heterocycles. The number of nitrogens with one attached hydrogen (secondary N) is 1. The van der Waals surface area contributed by atoms with Gasteiger partial charge >= 0.3 is 0 Å².